The zero-order valence-corrected chi connectivity index (χ0v) is 11.5. The number of aromatic amines is 1. The van der Waals surface area contributed by atoms with Crippen LogP contribution in [0, 0.1) is 5.92 Å². The second-order valence-electron chi connectivity index (χ2n) is 5.84. The number of nitrogens with one attached hydrogen (secondary N) is 2. The molecule has 0 saturated heterocycles. The molecule has 0 bridgehead atoms. The van der Waals surface area contributed by atoms with Crippen LogP contribution in [0.4, 0.5) is 0 Å². The highest BCUT2D eigenvalue weighted by Gasteiger charge is 2.53. The Morgan fingerprint density at radius 3 is 2.90 bits per heavy atom. The predicted octanol–water partition coefficient (Wildman–Crippen LogP) is 1.83. The van der Waals surface area contributed by atoms with Gasteiger partial charge in [0.25, 0.3) is 11.5 Å². The van der Waals surface area contributed by atoms with Crippen molar-refractivity contribution < 1.29 is 4.79 Å². The molecule has 106 valence electrons. The van der Waals surface area contributed by atoms with Gasteiger partial charge in [-0.2, -0.15) is 0 Å². The minimum Gasteiger partial charge on any atom is -0.348 e. The van der Waals surface area contributed by atoms with Crippen LogP contribution in [0.2, 0.25) is 0 Å². The fraction of sp³-hybridized carbons (Fsp3) is 0.294. The van der Waals surface area contributed by atoms with Crippen LogP contribution in [0.1, 0.15) is 33.8 Å². The molecule has 1 aromatic carbocycles. The van der Waals surface area contributed by atoms with E-state index >= 15 is 0 Å². The summed E-state index contributed by atoms with van der Waals surface area (Å²) in [6, 6.07) is 11.9. The molecule has 4 nitrogen and oxygen atoms in total. The summed E-state index contributed by atoms with van der Waals surface area (Å²) in [7, 11) is 0. The second kappa shape index (κ2) is 4.58. The number of aryl methyl sites for hydroxylation is 1. The number of H-pyrrole nitrogens is 1. The summed E-state index contributed by atoms with van der Waals surface area (Å²) < 4.78 is 0. The molecule has 3 atom stereocenters. The van der Waals surface area contributed by atoms with Crippen LogP contribution in [-0.2, 0) is 6.42 Å². The van der Waals surface area contributed by atoms with Gasteiger partial charge in [-0.25, -0.2) is 0 Å². The van der Waals surface area contributed by atoms with E-state index in [9.17, 15) is 9.59 Å². The Morgan fingerprint density at radius 2 is 2.05 bits per heavy atom. The Hall–Kier alpha value is -2.36. The summed E-state index contributed by atoms with van der Waals surface area (Å²) in [4.78, 5) is 26.4. The van der Waals surface area contributed by atoms with Gasteiger partial charge in [-0.05, 0) is 42.0 Å². The number of fused-ring (bicyclic) bond motifs is 3. The summed E-state index contributed by atoms with van der Waals surface area (Å²) >= 11 is 0. The third-order valence-corrected chi connectivity index (χ3v) is 4.69. The average Bonchev–Trinajstić information content (AvgIpc) is 3.21. The highest BCUT2D eigenvalue weighted by molar-refractivity contribution is 5.94. The molecule has 2 aromatic rings. The molecule has 2 aliphatic carbocycles. The van der Waals surface area contributed by atoms with Gasteiger partial charge in [-0.15, -0.1) is 0 Å². The Labute approximate surface area is 122 Å². The van der Waals surface area contributed by atoms with Crippen molar-refractivity contribution >= 4 is 5.91 Å². The van der Waals surface area contributed by atoms with Crippen molar-refractivity contribution in [2.45, 2.75) is 24.8 Å². The number of pyridine rings is 1. The van der Waals surface area contributed by atoms with Gasteiger partial charge in [0.1, 0.15) is 5.56 Å². The lowest BCUT2D eigenvalue weighted by atomic mass is 9.92. The third kappa shape index (κ3) is 1.98. The van der Waals surface area contributed by atoms with Gasteiger partial charge in [0.05, 0.1) is 0 Å². The van der Waals surface area contributed by atoms with Gasteiger partial charge in [0, 0.05) is 18.2 Å². The molecular weight excluding hydrogens is 264 g/mol. The average molecular weight is 280 g/mol. The normalized spacial score (nSPS) is 25.6. The summed E-state index contributed by atoms with van der Waals surface area (Å²) in [5.74, 6) is 0.669. The van der Waals surface area contributed by atoms with Gasteiger partial charge >= 0.3 is 0 Å². The van der Waals surface area contributed by atoms with Crippen molar-refractivity contribution in [3.05, 3.63) is 69.6 Å². The minimum atomic E-state index is -0.334. The number of carbonyl (C=O) groups excluding carboxylic acids is 1. The van der Waals surface area contributed by atoms with E-state index in [0.29, 0.717) is 11.8 Å². The largest absolute Gasteiger partial charge is 0.348 e. The zero-order chi connectivity index (χ0) is 14.4. The van der Waals surface area contributed by atoms with E-state index < -0.39 is 0 Å². The van der Waals surface area contributed by atoms with E-state index in [1.807, 2.05) is 0 Å². The predicted molar refractivity (Wildman–Crippen MR) is 79.3 cm³/mol. The monoisotopic (exact) mass is 280 g/mol. The summed E-state index contributed by atoms with van der Waals surface area (Å²) in [6.45, 7) is 0. The molecule has 1 amide bonds. The van der Waals surface area contributed by atoms with E-state index in [1.54, 1.807) is 12.1 Å². The standard InChI is InChI=1S/C17H16N2O2/c20-16-13(6-3-9-18-16)17(21)19-15-12-8-7-10-4-1-2-5-11(10)14(12)15/h1-6,9,12,14-15H,7-8H2,(H,18,20)(H,19,21)/t12-,14+,15-/m1/s1. The molecule has 2 N–H and O–H groups in total. The number of rotatable bonds is 2. The lowest BCUT2D eigenvalue weighted by molar-refractivity contribution is 0.0947. The smallest absolute Gasteiger partial charge is 0.260 e. The maximum atomic E-state index is 12.2. The van der Waals surface area contributed by atoms with E-state index in [1.165, 1.54) is 17.3 Å². The molecule has 1 saturated carbocycles. The Morgan fingerprint density at radius 1 is 1.19 bits per heavy atom. The molecule has 4 heteroatoms. The minimum absolute atomic E-state index is 0.167. The Kier molecular flexibility index (Phi) is 2.70. The second-order valence-corrected chi connectivity index (χ2v) is 5.84. The van der Waals surface area contributed by atoms with E-state index in [0.717, 1.165) is 12.8 Å². The Bertz CT molecular complexity index is 765. The molecule has 4 rings (SSSR count). The van der Waals surface area contributed by atoms with Crippen LogP contribution in [0.3, 0.4) is 0 Å². The first-order chi connectivity index (χ1) is 10.3. The van der Waals surface area contributed by atoms with Crippen LogP contribution >= 0.6 is 0 Å². The molecule has 0 unspecified atom stereocenters. The number of hydrogen-bond donors (Lipinski definition) is 2. The van der Waals surface area contributed by atoms with E-state index in [2.05, 4.69) is 34.6 Å². The van der Waals surface area contributed by atoms with Crippen molar-refractivity contribution in [1.82, 2.24) is 10.3 Å². The first-order valence-corrected chi connectivity index (χ1v) is 7.32. The fourth-order valence-electron chi connectivity index (χ4n) is 3.59. The van der Waals surface area contributed by atoms with Crippen molar-refractivity contribution in [3.63, 3.8) is 0 Å². The van der Waals surface area contributed by atoms with Crippen LogP contribution in [0.15, 0.2) is 47.4 Å². The molecule has 1 heterocycles. The van der Waals surface area contributed by atoms with Crippen molar-refractivity contribution in [3.8, 4) is 0 Å². The number of aromatic nitrogens is 1. The lowest BCUT2D eigenvalue weighted by Gasteiger charge is -2.13. The first kappa shape index (κ1) is 12.4. The van der Waals surface area contributed by atoms with Crippen LogP contribution in [0.25, 0.3) is 0 Å². The summed E-state index contributed by atoms with van der Waals surface area (Å²) in [5.41, 5.74) is 2.61. The molecule has 21 heavy (non-hydrogen) atoms. The van der Waals surface area contributed by atoms with Gasteiger partial charge in [0.15, 0.2) is 0 Å². The fourth-order valence-corrected chi connectivity index (χ4v) is 3.59. The third-order valence-electron chi connectivity index (χ3n) is 4.69. The van der Waals surface area contributed by atoms with Crippen LogP contribution in [-0.4, -0.2) is 16.9 Å². The number of hydrogen-bond acceptors (Lipinski definition) is 2. The number of benzene rings is 1. The molecule has 1 fully saturated rings. The van der Waals surface area contributed by atoms with Crippen molar-refractivity contribution in [2.75, 3.05) is 0 Å². The van der Waals surface area contributed by atoms with E-state index in [-0.39, 0.29) is 23.1 Å². The summed E-state index contributed by atoms with van der Waals surface area (Å²) in [5, 5.41) is 3.03. The maximum absolute atomic E-state index is 12.2. The van der Waals surface area contributed by atoms with Crippen LogP contribution < -0.4 is 10.9 Å². The molecule has 2 aliphatic rings. The van der Waals surface area contributed by atoms with Crippen LogP contribution in [0.5, 0.6) is 0 Å². The van der Waals surface area contributed by atoms with Gasteiger partial charge in [-0.3, -0.25) is 9.59 Å². The van der Waals surface area contributed by atoms with Crippen molar-refractivity contribution in [2.24, 2.45) is 5.92 Å². The highest BCUT2D eigenvalue weighted by Crippen LogP contribution is 2.54. The van der Waals surface area contributed by atoms with Crippen molar-refractivity contribution in [1.29, 1.82) is 0 Å². The van der Waals surface area contributed by atoms with Gasteiger partial charge < -0.3 is 10.3 Å². The number of carbonyl (C=O) groups is 1. The molecule has 1 aromatic heterocycles. The quantitative estimate of drug-likeness (QED) is 0.881. The van der Waals surface area contributed by atoms with Gasteiger partial charge in [-0.1, -0.05) is 24.3 Å². The molecule has 0 aliphatic heterocycles. The maximum Gasteiger partial charge on any atom is 0.260 e. The summed E-state index contributed by atoms with van der Waals surface area (Å²) in [6.07, 6.45) is 3.72. The zero-order valence-electron chi connectivity index (χ0n) is 11.5. The Balaban J connectivity index is 1.55. The van der Waals surface area contributed by atoms with E-state index in [4.69, 9.17) is 0 Å². The van der Waals surface area contributed by atoms with Gasteiger partial charge in [0.2, 0.25) is 0 Å². The molecule has 0 spiro atoms. The number of amides is 1. The first-order valence-electron chi connectivity index (χ1n) is 7.32. The molecular formula is C17H16N2O2. The molecule has 0 radical (unpaired) electrons. The SMILES string of the molecule is O=C(N[C@@H]1[C@@H]2CCc3ccccc3[C@@H]21)c1ccc[nH]c1=O. The topological polar surface area (TPSA) is 62.0 Å². The highest BCUT2D eigenvalue weighted by atomic mass is 16.2. The lowest BCUT2D eigenvalue weighted by Crippen LogP contribution is -2.32.